The molecule has 1 fully saturated rings. The molecule has 6 heteroatoms. The van der Waals surface area contributed by atoms with Crippen molar-refractivity contribution >= 4 is 11.8 Å². The minimum atomic E-state index is -1.09. The summed E-state index contributed by atoms with van der Waals surface area (Å²) in [6.45, 7) is 5.82. The molecule has 0 aromatic heterocycles. The van der Waals surface area contributed by atoms with Crippen molar-refractivity contribution in [2.75, 3.05) is 33.4 Å². The summed E-state index contributed by atoms with van der Waals surface area (Å²) in [5.41, 5.74) is -0.141. The van der Waals surface area contributed by atoms with Crippen LogP contribution < -0.4 is 10.1 Å². The van der Waals surface area contributed by atoms with Crippen LogP contribution in [0.4, 0.5) is 0 Å². The van der Waals surface area contributed by atoms with E-state index in [0.29, 0.717) is 32.8 Å². The van der Waals surface area contributed by atoms with E-state index in [1.807, 2.05) is 24.3 Å². The van der Waals surface area contributed by atoms with E-state index in [9.17, 15) is 9.59 Å². The zero-order chi connectivity index (χ0) is 16.9. The topological polar surface area (TPSA) is 67.9 Å². The molecular weight excluding hydrogens is 296 g/mol. The number of carbonyl (C=O) groups is 2. The minimum absolute atomic E-state index is 0.159. The molecule has 2 amide bonds. The molecule has 1 aromatic carbocycles. The van der Waals surface area contributed by atoms with Crippen LogP contribution in [-0.4, -0.2) is 50.1 Å². The monoisotopic (exact) mass is 320 g/mol. The second kappa shape index (κ2) is 7.46. The third-order valence-electron chi connectivity index (χ3n) is 4.01. The molecule has 0 radical (unpaired) electrons. The van der Waals surface area contributed by atoms with E-state index in [2.05, 4.69) is 5.32 Å². The van der Waals surface area contributed by atoms with Crippen LogP contribution in [0.3, 0.4) is 0 Å². The van der Waals surface area contributed by atoms with Gasteiger partial charge in [-0.2, -0.15) is 0 Å². The second-order valence-corrected chi connectivity index (χ2v) is 6.06. The normalized spacial score (nSPS) is 15.2. The SMILES string of the molecule is COc1ccc(CNC(=O)C(C)(C)C(=O)N2CCOCC2)cc1. The van der Waals surface area contributed by atoms with Crippen molar-refractivity contribution in [2.45, 2.75) is 20.4 Å². The Morgan fingerprint density at radius 2 is 1.83 bits per heavy atom. The van der Waals surface area contributed by atoms with Gasteiger partial charge in [-0.15, -0.1) is 0 Å². The number of rotatable bonds is 5. The summed E-state index contributed by atoms with van der Waals surface area (Å²) in [6.07, 6.45) is 0. The third kappa shape index (κ3) is 4.22. The van der Waals surface area contributed by atoms with E-state index in [1.54, 1.807) is 25.9 Å². The Kier molecular flexibility index (Phi) is 5.60. The number of carbonyl (C=O) groups excluding carboxylic acids is 2. The highest BCUT2D eigenvalue weighted by Crippen LogP contribution is 2.20. The summed E-state index contributed by atoms with van der Waals surface area (Å²) in [6, 6.07) is 7.45. The van der Waals surface area contributed by atoms with Crippen molar-refractivity contribution in [3.8, 4) is 5.75 Å². The lowest BCUT2D eigenvalue weighted by atomic mass is 9.90. The number of hydrogen-bond donors (Lipinski definition) is 1. The van der Waals surface area contributed by atoms with Gasteiger partial charge >= 0.3 is 0 Å². The molecule has 1 aromatic rings. The van der Waals surface area contributed by atoms with E-state index >= 15 is 0 Å². The van der Waals surface area contributed by atoms with Crippen molar-refractivity contribution in [2.24, 2.45) is 5.41 Å². The van der Waals surface area contributed by atoms with E-state index in [0.717, 1.165) is 11.3 Å². The molecule has 1 aliphatic heterocycles. The molecule has 0 saturated carbocycles. The number of amides is 2. The first-order valence-electron chi connectivity index (χ1n) is 7.73. The van der Waals surface area contributed by atoms with E-state index in [4.69, 9.17) is 9.47 Å². The molecule has 1 heterocycles. The van der Waals surface area contributed by atoms with Gasteiger partial charge in [0.25, 0.3) is 0 Å². The van der Waals surface area contributed by atoms with Crippen molar-refractivity contribution in [1.29, 1.82) is 0 Å². The van der Waals surface area contributed by atoms with Gasteiger partial charge in [0.2, 0.25) is 11.8 Å². The maximum atomic E-state index is 12.5. The Bertz CT molecular complexity index is 548. The number of ether oxygens (including phenoxy) is 2. The zero-order valence-electron chi connectivity index (χ0n) is 13.9. The number of nitrogens with zero attached hydrogens (tertiary/aromatic N) is 1. The predicted molar refractivity (Wildman–Crippen MR) is 86.0 cm³/mol. The molecule has 0 atom stereocenters. The molecule has 1 N–H and O–H groups in total. The maximum Gasteiger partial charge on any atom is 0.237 e. The zero-order valence-corrected chi connectivity index (χ0v) is 13.9. The lowest BCUT2D eigenvalue weighted by molar-refractivity contribution is -0.151. The fourth-order valence-electron chi connectivity index (χ4n) is 2.41. The highest BCUT2D eigenvalue weighted by molar-refractivity contribution is 6.04. The molecule has 0 unspecified atom stereocenters. The molecule has 6 nitrogen and oxygen atoms in total. The van der Waals surface area contributed by atoms with Crippen molar-refractivity contribution < 1.29 is 19.1 Å². The lowest BCUT2D eigenvalue weighted by Gasteiger charge is -2.33. The molecule has 23 heavy (non-hydrogen) atoms. The highest BCUT2D eigenvalue weighted by atomic mass is 16.5. The van der Waals surface area contributed by atoms with Gasteiger partial charge in [0.05, 0.1) is 20.3 Å². The predicted octanol–water partition coefficient (Wildman–Crippen LogP) is 1.20. The first-order valence-corrected chi connectivity index (χ1v) is 7.73. The average Bonchev–Trinajstić information content (AvgIpc) is 2.60. The van der Waals surface area contributed by atoms with Crippen LogP contribution in [-0.2, 0) is 20.9 Å². The summed E-state index contributed by atoms with van der Waals surface area (Å²) >= 11 is 0. The number of morpholine rings is 1. The molecule has 0 aliphatic carbocycles. The summed E-state index contributed by atoms with van der Waals surface area (Å²) in [4.78, 5) is 26.7. The Morgan fingerprint density at radius 1 is 1.22 bits per heavy atom. The molecule has 1 aliphatic rings. The number of benzene rings is 1. The summed E-state index contributed by atoms with van der Waals surface area (Å²) < 4.78 is 10.3. The van der Waals surface area contributed by atoms with Crippen LogP contribution in [0.25, 0.3) is 0 Å². The van der Waals surface area contributed by atoms with Crippen molar-refractivity contribution in [3.63, 3.8) is 0 Å². The standard InChI is InChI=1S/C17H24N2O4/c1-17(2,16(21)19-8-10-23-11-9-19)15(20)18-12-13-4-6-14(22-3)7-5-13/h4-7H,8-12H2,1-3H3,(H,18,20). The van der Waals surface area contributed by atoms with E-state index < -0.39 is 5.41 Å². The van der Waals surface area contributed by atoms with Gasteiger partial charge in [-0.3, -0.25) is 9.59 Å². The van der Waals surface area contributed by atoms with Crippen LogP contribution in [0, 0.1) is 5.41 Å². The first-order chi connectivity index (χ1) is 10.9. The Morgan fingerprint density at radius 3 is 2.39 bits per heavy atom. The third-order valence-corrected chi connectivity index (χ3v) is 4.01. The summed E-state index contributed by atoms with van der Waals surface area (Å²) in [5, 5.41) is 2.84. The molecule has 126 valence electrons. The highest BCUT2D eigenvalue weighted by Gasteiger charge is 2.39. The Labute approximate surface area is 136 Å². The van der Waals surface area contributed by atoms with Gasteiger partial charge < -0.3 is 19.7 Å². The minimum Gasteiger partial charge on any atom is -0.497 e. The Hall–Kier alpha value is -2.08. The molecule has 2 rings (SSSR count). The quantitative estimate of drug-likeness (QED) is 0.828. The molecule has 0 spiro atoms. The second-order valence-electron chi connectivity index (χ2n) is 6.06. The van der Waals surface area contributed by atoms with E-state index in [-0.39, 0.29) is 11.8 Å². The smallest absolute Gasteiger partial charge is 0.237 e. The van der Waals surface area contributed by atoms with Crippen LogP contribution in [0.15, 0.2) is 24.3 Å². The number of nitrogens with one attached hydrogen (secondary N) is 1. The Balaban J connectivity index is 1.93. The fraction of sp³-hybridized carbons (Fsp3) is 0.529. The fourth-order valence-corrected chi connectivity index (χ4v) is 2.41. The molecule has 0 bridgehead atoms. The van der Waals surface area contributed by atoms with Gasteiger partial charge in [0, 0.05) is 19.6 Å². The van der Waals surface area contributed by atoms with Crippen molar-refractivity contribution in [1.82, 2.24) is 10.2 Å². The van der Waals surface area contributed by atoms with Gasteiger partial charge in [-0.25, -0.2) is 0 Å². The van der Waals surface area contributed by atoms with Crippen LogP contribution in [0.1, 0.15) is 19.4 Å². The lowest BCUT2D eigenvalue weighted by Crippen LogP contribution is -2.52. The summed E-state index contributed by atoms with van der Waals surface area (Å²) in [5.74, 6) is 0.334. The maximum absolute atomic E-state index is 12.5. The largest absolute Gasteiger partial charge is 0.497 e. The van der Waals surface area contributed by atoms with Crippen molar-refractivity contribution in [3.05, 3.63) is 29.8 Å². The summed E-state index contributed by atoms with van der Waals surface area (Å²) in [7, 11) is 1.61. The molecule has 1 saturated heterocycles. The van der Waals surface area contributed by atoms with Crippen LogP contribution >= 0.6 is 0 Å². The average molecular weight is 320 g/mol. The van der Waals surface area contributed by atoms with Gasteiger partial charge in [-0.1, -0.05) is 12.1 Å². The molecular formula is C17H24N2O4. The van der Waals surface area contributed by atoms with Gasteiger partial charge in [0.1, 0.15) is 11.2 Å². The van der Waals surface area contributed by atoms with Gasteiger partial charge in [-0.05, 0) is 31.5 Å². The number of hydrogen-bond acceptors (Lipinski definition) is 4. The first kappa shape index (κ1) is 17.3. The van der Waals surface area contributed by atoms with Crippen LogP contribution in [0.2, 0.25) is 0 Å². The van der Waals surface area contributed by atoms with Gasteiger partial charge in [0.15, 0.2) is 0 Å². The van der Waals surface area contributed by atoms with Crippen LogP contribution in [0.5, 0.6) is 5.75 Å². The van der Waals surface area contributed by atoms with E-state index in [1.165, 1.54) is 0 Å². The number of methoxy groups -OCH3 is 1.